The Morgan fingerprint density at radius 1 is 1.26 bits per heavy atom. The molecule has 2 atom stereocenters. The Kier molecular flexibility index (Phi) is 4.61. The van der Waals surface area contributed by atoms with Crippen molar-refractivity contribution >= 4 is 5.97 Å². The van der Waals surface area contributed by atoms with Crippen LogP contribution in [0.3, 0.4) is 0 Å². The second kappa shape index (κ2) is 6.41. The van der Waals surface area contributed by atoms with Gasteiger partial charge in [-0.2, -0.15) is 0 Å². The third-order valence-electron chi connectivity index (χ3n) is 3.41. The minimum Gasteiger partial charge on any atom is -0.498 e. The molecule has 0 saturated carbocycles. The highest BCUT2D eigenvalue weighted by molar-refractivity contribution is 5.83. The number of hydrogen-bond acceptors (Lipinski definition) is 3. The molecular formula is C16H20O3. The molecule has 3 nitrogen and oxygen atoms in total. The Balaban J connectivity index is 1.97. The van der Waals surface area contributed by atoms with Gasteiger partial charge in [-0.1, -0.05) is 37.3 Å². The van der Waals surface area contributed by atoms with Gasteiger partial charge in [0, 0.05) is 0 Å². The van der Waals surface area contributed by atoms with Gasteiger partial charge in [0.05, 0.1) is 18.6 Å². The molecule has 0 aliphatic carbocycles. The SMILES string of the molecule is CCOC1=CC(=O)OC(CCc2ccccc2)C1C. The predicted octanol–water partition coefficient (Wildman–Crippen LogP) is 3.10. The molecule has 0 saturated heterocycles. The monoisotopic (exact) mass is 260 g/mol. The second-order valence-corrected chi connectivity index (χ2v) is 4.77. The smallest absolute Gasteiger partial charge is 0.334 e. The van der Waals surface area contributed by atoms with E-state index in [1.807, 2.05) is 32.0 Å². The summed E-state index contributed by atoms with van der Waals surface area (Å²) >= 11 is 0. The summed E-state index contributed by atoms with van der Waals surface area (Å²) in [4.78, 5) is 11.5. The average molecular weight is 260 g/mol. The van der Waals surface area contributed by atoms with Crippen LogP contribution in [0, 0.1) is 5.92 Å². The zero-order chi connectivity index (χ0) is 13.7. The molecule has 0 bridgehead atoms. The second-order valence-electron chi connectivity index (χ2n) is 4.77. The molecule has 1 heterocycles. The van der Waals surface area contributed by atoms with Crippen molar-refractivity contribution in [3.63, 3.8) is 0 Å². The summed E-state index contributed by atoms with van der Waals surface area (Å²) in [7, 11) is 0. The quantitative estimate of drug-likeness (QED) is 0.763. The number of hydrogen-bond donors (Lipinski definition) is 0. The summed E-state index contributed by atoms with van der Waals surface area (Å²) < 4.78 is 10.9. The Labute approximate surface area is 114 Å². The molecule has 1 aliphatic rings. The maximum Gasteiger partial charge on any atom is 0.334 e. The summed E-state index contributed by atoms with van der Waals surface area (Å²) in [5.41, 5.74) is 1.26. The largest absolute Gasteiger partial charge is 0.498 e. The van der Waals surface area contributed by atoms with Gasteiger partial charge < -0.3 is 9.47 Å². The topological polar surface area (TPSA) is 35.5 Å². The first-order chi connectivity index (χ1) is 9.20. The average Bonchev–Trinajstić information content (AvgIpc) is 2.42. The number of ether oxygens (including phenoxy) is 2. The Bertz CT molecular complexity index is 450. The van der Waals surface area contributed by atoms with Gasteiger partial charge in [0.25, 0.3) is 0 Å². The fourth-order valence-corrected chi connectivity index (χ4v) is 2.32. The van der Waals surface area contributed by atoms with Crippen molar-refractivity contribution in [2.45, 2.75) is 32.8 Å². The van der Waals surface area contributed by atoms with Crippen LogP contribution in [-0.4, -0.2) is 18.7 Å². The van der Waals surface area contributed by atoms with E-state index in [1.54, 1.807) is 0 Å². The number of cyclic esters (lactones) is 1. The maximum absolute atomic E-state index is 11.5. The van der Waals surface area contributed by atoms with E-state index in [0.717, 1.165) is 18.6 Å². The van der Waals surface area contributed by atoms with E-state index in [1.165, 1.54) is 11.6 Å². The van der Waals surface area contributed by atoms with Gasteiger partial charge in [-0.05, 0) is 25.3 Å². The number of benzene rings is 1. The van der Waals surface area contributed by atoms with Crippen LogP contribution in [0.5, 0.6) is 0 Å². The van der Waals surface area contributed by atoms with Crippen molar-refractivity contribution in [3.8, 4) is 0 Å². The van der Waals surface area contributed by atoms with E-state index < -0.39 is 0 Å². The van der Waals surface area contributed by atoms with Crippen LogP contribution in [-0.2, 0) is 20.7 Å². The van der Waals surface area contributed by atoms with Gasteiger partial charge in [-0.25, -0.2) is 4.79 Å². The van der Waals surface area contributed by atoms with Crippen LogP contribution in [0.25, 0.3) is 0 Å². The van der Waals surface area contributed by atoms with E-state index in [9.17, 15) is 4.79 Å². The molecule has 2 rings (SSSR count). The third-order valence-corrected chi connectivity index (χ3v) is 3.41. The molecule has 0 fully saturated rings. The van der Waals surface area contributed by atoms with Crippen molar-refractivity contribution in [1.82, 2.24) is 0 Å². The molecular weight excluding hydrogens is 240 g/mol. The summed E-state index contributed by atoms with van der Waals surface area (Å²) in [5.74, 6) is 0.581. The number of carbonyl (C=O) groups is 1. The summed E-state index contributed by atoms with van der Waals surface area (Å²) in [6.45, 7) is 4.55. The van der Waals surface area contributed by atoms with Crippen molar-refractivity contribution in [1.29, 1.82) is 0 Å². The Morgan fingerprint density at radius 2 is 2.00 bits per heavy atom. The van der Waals surface area contributed by atoms with E-state index in [0.29, 0.717) is 6.61 Å². The highest BCUT2D eigenvalue weighted by Gasteiger charge is 2.30. The lowest BCUT2D eigenvalue weighted by Crippen LogP contribution is -2.32. The van der Waals surface area contributed by atoms with Crippen LogP contribution in [0.1, 0.15) is 25.8 Å². The van der Waals surface area contributed by atoms with Crippen molar-refractivity contribution < 1.29 is 14.3 Å². The molecule has 0 amide bonds. The molecule has 102 valence electrons. The molecule has 19 heavy (non-hydrogen) atoms. The van der Waals surface area contributed by atoms with Gasteiger partial charge in [0.1, 0.15) is 11.9 Å². The fraction of sp³-hybridized carbons (Fsp3) is 0.438. The first-order valence-electron chi connectivity index (χ1n) is 6.79. The summed E-state index contributed by atoms with van der Waals surface area (Å²) in [6, 6.07) is 10.2. The molecule has 0 aromatic heterocycles. The fourth-order valence-electron chi connectivity index (χ4n) is 2.32. The lowest BCUT2D eigenvalue weighted by Gasteiger charge is -2.29. The Hall–Kier alpha value is -1.77. The van der Waals surface area contributed by atoms with Crippen molar-refractivity contribution in [2.75, 3.05) is 6.61 Å². The van der Waals surface area contributed by atoms with Gasteiger partial charge in [-0.3, -0.25) is 0 Å². The molecule has 2 unspecified atom stereocenters. The summed E-state index contributed by atoms with van der Waals surface area (Å²) in [6.07, 6.45) is 3.09. The maximum atomic E-state index is 11.5. The van der Waals surface area contributed by atoms with Crippen LogP contribution in [0.15, 0.2) is 42.2 Å². The summed E-state index contributed by atoms with van der Waals surface area (Å²) in [5, 5.41) is 0. The van der Waals surface area contributed by atoms with Crippen molar-refractivity contribution in [3.05, 3.63) is 47.7 Å². The van der Waals surface area contributed by atoms with Crippen LogP contribution in [0.2, 0.25) is 0 Å². The first-order valence-corrected chi connectivity index (χ1v) is 6.79. The van der Waals surface area contributed by atoms with Gasteiger partial charge in [0.15, 0.2) is 0 Å². The van der Waals surface area contributed by atoms with Crippen LogP contribution >= 0.6 is 0 Å². The molecule has 0 N–H and O–H groups in total. The van der Waals surface area contributed by atoms with Gasteiger partial charge in [0.2, 0.25) is 0 Å². The number of aryl methyl sites for hydroxylation is 1. The number of esters is 1. The highest BCUT2D eigenvalue weighted by atomic mass is 16.6. The van der Waals surface area contributed by atoms with E-state index >= 15 is 0 Å². The molecule has 3 heteroatoms. The Morgan fingerprint density at radius 3 is 2.68 bits per heavy atom. The lowest BCUT2D eigenvalue weighted by atomic mass is 9.94. The molecule has 0 spiro atoms. The van der Waals surface area contributed by atoms with Crippen LogP contribution < -0.4 is 0 Å². The zero-order valence-electron chi connectivity index (χ0n) is 11.5. The zero-order valence-corrected chi connectivity index (χ0v) is 11.5. The lowest BCUT2D eigenvalue weighted by molar-refractivity contribution is -0.148. The van der Waals surface area contributed by atoms with E-state index in [-0.39, 0.29) is 18.0 Å². The highest BCUT2D eigenvalue weighted by Crippen LogP contribution is 2.26. The predicted molar refractivity (Wildman–Crippen MR) is 73.5 cm³/mol. The van der Waals surface area contributed by atoms with Gasteiger partial charge in [-0.15, -0.1) is 0 Å². The first kappa shape index (κ1) is 13.7. The minimum absolute atomic E-state index is 0.0979. The van der Waals surface area contributed by atoms with Gasteiger partial charge >= 0.3 is 5.97 Å². The van der Waals surface area contributed by atoms with E-state index in [2.05, 4.69) is 12.1 Å². The normalized spacial score (nSPS) is 22.6. The van der Waals surface area contributed by atoms with Crippen LogP contribution in [0.4, 0.5) is 0 Å². The molecule has 1 aromatic rings. The molecule has 1 aromatic carbocycles. The number of rotatable bonds is 5. The third kappa shape index (κ3) is 3.60. The number of carbonyl (C=O) groups excluding carboxylic acids is 1. The molecule has 1 aliphatic heterocycles. The standard InChI is InChI=1S/C16H20O3/c1-3-18-15-11-16(17)19-14(12(15)2)10-9-13-7-5-4-6-8-13/h4-8,11-12,14H,3,9-10H2,1-2H3. The molecule has 0 radical (unpaired) electrons. The minimum atomic E-state index is -0.292. The van der Waals surface area contributed by atoms with Crippen molar-refractivity contribution in [2.24, 2.45) is 5.92 Å². The van der Waals surface area contributed by atoms with E-state index in [4.69, 9.17) is 9.47 Å².